The number of aromatic nitrogens is 2. The Morgan fingerprint density at radius 1 is 1.28 bits per heavy atom. The van der Waals surface area contributed by atoms with Gasteiger partial charge in [0.25, 0.3) is 0 Å². The van der Waals surface area contributed by atoms with E-state index in [2.05, 4.69) is 9.82 Å². The van der Waals surface area contributed by atoms with E-state index >= 15 is 0 Å². The highest BCUT2D eigenvalue weighted by Gasteiger charge is 2.30. The van der Waals surface area contributed by atoms with Crippen molar-refractivity contribution in [3.05, 3.63) is 11.4 Å². The Morgan fingerprint density at radius 3 is 2.24 bits per heavy atom. The van der Waals surface area contributed by atoms with Crippen LogP contribution in [-0.2, 0) is 26.7 Å². The fourth-order valence-electron chi connectivity index (χ4n) is 2.57. The number of carbonyl (C=O) groups excluding carboxylic acids is 1. The monoisotopic (exact) mass is 374 g/mol. The lowest BCUT2D eigenvalue weighted by atomic mass is 10.2. The summed E-state index contributed by atoms with van der Waals surface area (Å²) in [6.45, 7) is 8.17. The number of aryl methyl sites for hydroxylation is 2. The Kier molecular flexibility index (Phi) is 6.72. The number of carboxylic acid groups (broad SMARTS) is 1. The Morgan fingerprint density at radius 2 is 1.84 bits per heavy atom. The summed E-state index contributed by atoms with van der Waals surface area (Å²) in [5, 5.41) is 12.9. The molecule has 25 heavy (non-hydrogen) atoms. The summed E-state index contributed by atoms with van der Waals surface area (Å²) in [6.07, 6.45) is -0.204. The minimum atomic E-state index is -3.93. The van der Waals surface area contributed by atoms with E-state index in [0.717, 1.165) is 0 Å². The van der Waals surface area contributed by atoms with Gasteiger partial charge in [0.1, 0.15) is 4.90 Å². The first-order valence-electron chi connectivity index (χ1n) is 7.93. The zero-order chi connectivity index (χ0) is 19.5. The molecule has 1 rings (SSSR count). The second-order valence-corrected chi connectivity index (χ2v) is 7.89. The highest BCUT2D eigenvalue weighted by atomic mass is 32.2. The molecule has 2 N–H and O–H groups in total. The van der Waals surface area contributed by atoms with Gasteiger partial charge < -0.3 is 10.0 Å². The van der Waals surface area contributed by atoms with Crippen LogP contribution in [0.25, 0.3) is 0 Å². The third-order valence-electron chi connectivity index (χ3n) is 3.89. The first-order valence-corrected chi connectivity index (χ1v) is 9.41. The summed E-state index contributed by atoms with van der Waals surface area (Å²) in [6, 6.07) is -1.28. The summed E-state index contributed by atoms with van der Waals surface area (Å²) < 4.78 is 29.1. The van der Waals surface area contributed by atoms with Crippen molar-refractivity contribution in [1.82, 2.24) is 19.4 Å². The van der Waals surface area contributed by atoms with E-state index < -0.39 is 27.9 Å². The fourth-order valence-corrected chi connectivity index (χ4v) is 4.21. The summed E-state index contributed by atoms with van der Waals surface area (Å²) >= 11 is 0. The molecule has 0 bridgehead atoms. The van der Waals surface area contributed by atoms with Crippen molar-refractivity contribution >= 4 is 21.9 Å². The maximum atomic E-state index is 12.6. The van der Waals surface area contributed by atoms with Gasteiger partial charge in [0.05, 0.1) is 23.9 Å². The Bertz CT molecular complexity index is 754. The molecule has 0 aliphatic heterocycles. The van der Waals surface area contributed by atoms with Gasteiger partial charge in [-0.3, -0.25) is 14.3 Å². The maximum absolute atomic E-state index is 12.6. The van der Waals surface area contributed by atoms with Crippen LogP contribution < -0.4 is 4.72 Å². The van der Waals surface area contributed by atoms with Gasteiger partial charge in [0, 0.05) is 19.6 Å². The van der Waals surface area contributed by atoms with Gasteiger partial charge in [0.15, 0.2) is 0 Å². The Hall–Kier alpha value is -1.94. The van der Waals surface area contributed by atoms with Gasteiger partial charge in [-0.05, 0) is 34.6 Å². The van der Waals surface area contributed by atoms with E-state index in [9.17, 15) is 18.0 Å². The summed E-state index contributed by atoms with van der Waals surface area (Å²) in [5.74, 6) is -1.49. The number of nitrogens with zero attached hydrogens (tertiary/aromatic N) is 3. The molecule has 9 nitrogen and oxygen atoms in total. The zero-order valence-corrected chi connectivity index (χ0v) is 16.2. The summed E-state index contributed by atoms with van der Waals surface area (Å²) in [7, 11) is -2.29. The smallest absolute Gasteiger partial charge is 0.305 e. The quantitative estimate of drug-likeness (QED) is 0.680. The highest BCUT2D eigenvalue weighted by molar-refractivity contribution is 7.89. The second-order valence-electron chi connectivity index (χ2n) is 6.24. The molecule has 10 heteroatoms. The van der Waals surface area contributed by atoms with Gasteiger partial charge in [0.2, 0.25) is 15.9 Å². The standard InChI is InChI=1S/C15H26N4O5S/c1-9(2)19(8-7-13(20)21)15(22)11(4)17-25(23,24)14-10(3)16-18(6)12(14)5/h9,11,17H,7-8H2,1-6H3,(H,20,21). The van der Waals surface area contributed by atoms with Crippen LogP contribution in [0.1, 0.15) is 38.6 Å². The average Bonchev–Trinajstić information content (AvgIpc) is 2.71. The molecule has 0 saturated heterocycles. The molecule has 142 valence electrons. The molecule has 1 unspecified atom stereocenters. The van der Waals surface area contributed by atoms with Gasteiger partial charge in [-0.1, -0.05) is 0 Å². The fraction of sp³-hybridized carbons (Fsp3) is 0.667. The number of carboxylic acids is 1. The van der Waals surface area contributed by atoms with Crippen LogP contribution in [0.3, 0.4) is 0 Å². The topological polar surface area (TPSA) is 122 Å². The van der Waals surface area contributed by atoms with Crippen LogP contribution in [0.2, 0.25) is 0 Å². The van der Waals surface area contributed by atoms with E-state index in [-0.39, 0.29) is 23.9 Å². The van der Waals surface area contributed by atoms with Gasteiger partial charge in [-0.25, -0.2) is 8.42 Å². The second kappa shape index (κ2) is 7.96. The van der Waals surface area contributed by atoms with Crippen LogP contribution in [0, 0.1) is 13.8 Å². The third-order valence-corrected chi connectivity index (χ3v) is 5.68. The number of hydrogen-bond acceptors (Lipinski definition) is 5. The summed E-state index contributed by atoms with van der Waals surface area (Å²) in [4.78, 5) is 24.7. The highest BCUT2D eigenvalue weighted by Crippen LogP contribution is 2.19. The number of carbonyl (C=O) groups is 2. The predicted molar refractivity (Wildman–Crippen MR) is 91.6 cm³/mol. The summed E-state index contributed by atoms with van der Waals surface area (Å²) in [5.41, 5.74) is 0.815. The molecule has 0 saturated carbocycles. The van der Waals surface area contributed by atoms with Crippen LogP contribution in [0.4, 0.5) is 0 Å². The van der Waals surface area contributed by atoms with Gasteiger partial charge in [-0.2, -0.15) is 9.82 Å². The molecule has 0 aliphatic rings. The lowest BCUT2D eigenvalue weighted by Gasteiger charge is -2.29. The van der Waals surface area contributed by atoms with Crippen molar-refractivity contribution in [3.63, 3.8) is 0 Å². The van der Waals surface area contributed by atoms with Crippen LogP contribution in [0.5, 0.6) is 0 Å². The molecular weight excluding hydrogens is 348 g/mol. The van der Waals surface area contributed by atoms with Crippen molar-refractivity contribution < 1.29 is 23.1 Å². The lowest BCUT2D eigenvalue weighted by molar-refractivity contribution is -0.139. The Labute approximate surface area is 148 Å². The SMILES string of the molecule is Cc1nn(C)c(C)c1S(=O)(=O)NC(C)C(=O)N(CCC(=O)O)C(C)C. The molecule has 0 aliphatic carbocycles. The van der Waals surface area contributed by atoms with Crippen LogP contribution in [0.15, 0.2) is 4.90 Å². The number of aliphatic carboxylic acids is 1. The number of amides is 1. The molecule has 0 radical (unpaired) electrons. The minimum absolute atomic E-state index is 0.0167. The van der Waals surface area contributed by atoms with Crippen molar-refractivity contribution in [2.45, 2.75) is 58.0 Å². The normalized spacial score (nSPS) is 13.1. The molecule has 0 spiro atoms. The predicted octanol–water partition coefficient (Wildman–Crippen LogP) is 0.415. The Balaban J connectivity index is 3.00. The number of hydrogen-bond donors (Lipinski definition) is 2. The molecule has 1 aromatic rings. The molecule has 1 aromatic heterocycles. The van der Waals surface area contributed by atoms with Crippen LogP contribution in [-0.4, -0.2) is 58.7 Å². The lowest BCUT2D eigenvalue weighted by Crippen LogP contribution is -2.49. The third kappa shape index (κ3) is 5.02. The molecule has 1 atom stereocenters. The zero-order valence-electron chi connectivity index (χ0n) is 15.4. The first-order chi connectivity index (χ1) is 11.4. The van der Waals surface area contributed by atoms with Crippen LogP contribution >= 0.6 is 0 Å². The molecule has 1 amide bonds. The molecular formula is C15H26N4O5S. The van der Waals surface area contributed by atoms with Gasteiger partial charge >= 0.3 is 5.97 Å². The van der Waals surface area contributed by atoms with E-state index in [4.69, 9.17) is 5.11 Å². The van der Waals surface area contributed by atoms with Crippen molar-refractivity contribution in [3.8, 4) is 0 Å². The molecule has 1 heterocycles. The average molecular weight is 374 g/mol. The van der Waals surface area contributed by atoms with E-state index in [0.29, 0.717) is 11.4 Å². The van der Waals surface area contributed by atoms with E-state index in [1.165, 1.54) is 16.5 Å². The van der Waals surface area contributed by atoms with Crippen molar-refractivity contribution in [2.24, 2.45) is 7.05 Å². The number of rotatable bonds is 8. The van der Waals surface area contributed by atoms with E-state index in [1.54, 1.807) is 34.7 Å². The van der Waals surface area contributed by atoms with Gasteiger partial charge in [-0.15, -0.1) is 0 Å². The first kappa shape index (κ1) is 21.1. The molecule has 0 aromatic carbocycles. The largest absolute Gasteiger partial charge is 0.481 e. The molecule has 0 fully saturated rings. The minimum Gasteiger partial charge on any atom is -0.481 e. The maximum Gasteiger partial charge on any atom is 0.305 e. The number of nitrogens with one attached hydrogen (secondary N) is 1. The number of sulfonamides is 1. The van der Waals surface area contributed by atoms with Crippen molar-refractivity contribution in [1.29, 1.82) is 0 Å². The van der Waals surface area contributed by atoms with E-state index in [1.807, 2.05) is 0 Å². The van der Waals surface area contributed by atoms with Crippen molar-refractivity contribution in [2.75, 3.05) is 6.54 Å².